The Labute approximate surface area is 135 Å². The van der Waals surface area contributed by atoms with E-state index in [9.17, 15) is 9.90 Å². The fourth-order valence-electron chi connectivity index (χ4n) is 2.22. The van der Waals surface area contributed by atoms with Crippen molar-refractivity contribution < 1.29 is 14.6 Å². The standard InChI is InChI=1S/C17H21N3O3/c1-17(2,3)20(16(21)22)11-5-4-6-12(9-11)23-13-7-8-14(18)15(19)10-13/h4-10H,18-19H2,1-3H3,(H,21,22). The largest absolute Gasteiger partial charge is 0.465 e. The molecule has 2 aromatic carbocycles. The van der Waals surface area contributed by atoms with E-state index in [0.29, 0.717) is 28.6 Å². The average molecular weight is 315 g/mol. The number of carbonyl (C=O) groups is 1. The van der Waals surface area contributed by atoms with E-state index < -0.39 is 11.6 Å². The van der Waals surface area contributed by atoms with Crippen molar-refractivity contribution in [3.8, 4) is 11.5 Å². The van der Waals surface area contributed by atoms with Crippen LogP contribution in [0.25, 0.3) is 0 Å². The summed E-state index contributed by atoms with van der Waals surface area (Å²) in [5, 5.41) is 9.46. The minimum atomic E-state index is -1.02. The molecule has 0 fully saturated rings. The SMILES string of the molecule is CC(C)(C)N(C(=O)O)c1cccc(Oc2ccc(N)c(N)c2)c1. The predicted molar refractivity (Wildman–Crippen MR) is 92.0 cm³/mol. The van der Waals surface area contributed by atoms with Crippen LogP contribution in [0.1, 0.15) is 20.8 Å². The van der Waals surface area contributed by atoms with Crippen molar-refractivity contribution in [3.63, 3.8) is 0 Å². The van der Waals surface area contributed by atoms with Gasteiger partial charge in [-0.2, -0.15) is 0 Å². The van der Waals surface area contributed by atoms with Crippen LogP contribution in [0.2, 0.25) is 0 Å². The average Bonchev–Trinajstić information content (AvgIpc) is 2.41. The molecule has 0 aliphatic rings. The van der Waals surface area contributed by atoms with Gasteiger partial charge in [0.1, 0.15) is 11.5 Å². The van der Waals surface area contributed by atoms with Gasteiger partial charge in [-0.15, -0.1) is 0 Å². The lowest BCUT2D eigenvalue weighted by Crippen LogP contribution is -2.45. The molecular formula is C17H21N3O3. The number of nitrogen functional groups attached to an aromatic ring is 2. The third-order valence-corrected chi connectivity index (χ3v) is 3.23. The van der Waals surface area contributed by atoms with E-state index in [1.165, 1.54) is 4.90 Å². The van der Waals surface area contributed by atoms with Gasteiger partial charge in [0.2, 0.25) is 0 Å². The van der Waals surface area contributed by atoms with Crippen LogP contribution < -0.4 is 21.1 Å². The van der Waals surface area contributed by atoms with E-state index in [1.54, 1.807) is 42.5 Å². The van der Waals surface area contributed by atoms with E-state index >= 15 is 0 Å². The van der Waals surface area contributed by atoms with E-state index in [4.69, 9.17) is 16.2 Å². The number of hydrogen-bond acceptors (Lipinski definition) is 4. The van der Waals surface area contributed by atoms with E-state index in [2.05, 4.69) is 0 Å². The maximum Gasteiger partial charge on any atom is 0.412 e. The summed E-state index contributed by atoms with van der Waals surface area (Å²) < 4.78 is 5.74. The maximum atomic E-state index is 11.6. The van der Waals surface area contributed by atoms with Crippen LogP contribution in [-0.2, 0) is 0 Å². The lowest BCUT2D eigenvalue weighted by Gasteiger charge is -2.33. The highest BCUT2D eigenvalue weighted by molar-refractivity contribution is 5.87. The molecule has 6 heteroatoms. The van der Waals surface area contributed by atoms with Crippen LogP contribution in [0.5, 0.6) is 11.5 Å². The minimum Gasteiger partial charge on any atom is -0.465 e. The smallest absolute Gasteiger partial charge is 0.412 e. The molecule has 122 valence electrons. The van der Waals surface area contributed by atoms with Gasteiger partial charge in [-0.1, -0.05) is 6.07 Å². The Morgan fingerprint density at radius 2 is 1.70 bits per heavy atom. The summed E-state index contributed by atoms with van der Waals surface area (Å²) in [5.74, 6) is 1.05. The monoisotopic (exact) mass is 315 g/mol. The molecule has 0 aliphatic carbocycles. The first-order valence-electron chi connectivity index (χ1n) is 7.14. The van der Waals surface area contributed by atoms with Gasteiger partial charge in [-0.3, -0.25) is 4.90 Å². The first kappa shape index (κ1) is 16.5. The highest BCUT2D eigenvalue weighted by Crippen LogP contribution is 2.31. The Balaban J connectivity index is 2.32. The van der Waals surface area contributed by atoms with Crippen molar-refractivity contribution in [1.29, 1.82) is 0 Å². The van der Waals surface area contributed by atoms with Gasteiger partial charge in [0.05, 0.1) is 17.1 Å². The van der Waals surface area contributed by atoms with Crippen LogP contribution in [0.15, 0.2) is 42.5 Å². The van der Waals surface area contributed by atoms with Crippen molar-refractivity contribution in [2.75, 3.05) is 16.4 Å². The van der Waals surface area contributed by atoms with Gasteiger partial charge in [-0.25, -0.2) is 4.79 Å². The highest BCUT2D eigenvalue weighted by atomic mass is 16.5. The Kier molecular flexibility index (Phi) is 4.36. The Hall–Kier alpha value is -2.89. The van der Waals surface area contributed by atoms with Crippen molar-refractivity contribution in [3.05, 3.63) is 42.5 Å². The maximum absolute atomic E-state index is 11.6. The number of amides is 1. The summed E-state index contributed by atoms with van der Waals surface area (Å²) >= 11 is 0. The molecule has 0 aliphatic heterocycles. The molecule has 0 heterocycles. The Morgan fingerprint density at radius 3 is 2.26 bits per heavy atom. The molecule has 0 unspecified atom stereocenters. The molecule has 0 saturated carbocycles. The summed E-state index contributed by atoms with van der Waals surface area (Å²) in [4.78, 5) is 12.8. The number of carboxylic acid groups (broad SMARTS) is 1. The lowest BCUT2D eigenvalue weighted by molar-refractivity contribution is 0.195. The second-order valence-corrected chi connectivity index (χ2v) is 6.18. The highest BCUT2D eigenvalue weighted by Gasteiger charge is 2.28. The molecule has 0 saturated heterocycles. The number of hydrogen-bond donors (Lipinski definition) is 3. The quantitative estimate of drug-likeness (QED) is 0.745. The number of benzene rings is 2. The number of nitrogens with zero attached hydrogens (tertiary/aromatic N) is 1. The Bertz CT molecular complexity index is 723. The molecular weight excluding hydrogens is 294 g/mol. The predicted octanol–water partition coefficient (Wildman–Crippen LogP) is 3.93. The molecule has 0 aromatic heterocycles. The van der Waals surface area contributed by atoms with Crippen LogP contribution in [0, 0.1) is 0 Å². The molecule has 2 rings (SSSR count). The summed E-state index contributed by atoms with van der Waals surface area (Å²) in [6, 6.07) is 11.9. The van der Waals surface area contributed by atoms with Gasteiger partial charge in [0.25, 0.3) is 0 Å². The van der Waals surface area contributed by atoms with E-state index in [0.717, 1.165) is 0 Å². The van der Waals surface area contributed by atoms with Crippen molar-refractivity contribution >= 4 is 23.2 Å². The normalized spacial score (nSPS) is 11.1. The third kappa shape index (κ3) is 3.85. The molecule has 5 N–H and O–H groups in total. The van der Waals surface area contributed by atoms with Gasteiger partial charge in [0, 0.05) is 17.7 Å². The first-order chi connectivity index (χ1) is 10.7. The van der Waals surface area contributed by atoms with E-state index in [-0.39, 0.29) is 0 Å². The molecule has 0 radical (unpaired) electrons. The Morgan fingerprint density at radius 1 is 1.04 bits per heavy atom. The summed E-state index contributed by atoms with van der Waals surface area (Å²) in [6.45, 7) is 5.49. The zero-order chi connectivity index (χ0) is 17.2. The second-order valence-electron chi connectivity index (χ2n) is 6.18. The van der Waals surface area contributed by atoms with Crippen LogP contribution in [0.3, 0.4) is 0 Å². The molecule has 1 amide bonds. The van der Waals surface area contributed by atoms with Crippen molar-refractivity contribution in [2.24, 2.45) is 0 Å². The number of nitrogens with two attached hydrogens (primary N) is 2. The van der Waals surface area contributed by atoms with Gasteiger partial charge in [-0.05, 0) is 45.0 Å². The zero-order valence-electron chi connectivity index (χ0n) is 13.4. The van der Waals surface area contributed by atoms with Gasteiger partial charge in [0.15, 0.2) is 0 Å². The first-order valence-corrected chi connectivity index (χ1v) is 7.14. The second kappa shape index (κ2) is 6.08. The number of anilines is 3. The summed E-state index contributed by atoms with van der Waals surface area (Å²) in [5.41, 5.74) is 12.3. The molecule has 23 heavy (non-hydrogen) atoms. The zero-order valence-corrected chi connectivity index (χ0v) is 13.4. The fraction of sp³-hybridized carbons (Fsp3) is 0.235. The topological polar surface area (TPSA) is 102 Å². The number of ether oxygens (including phenoxy) is 1. The molecule has 2 aromatic rings. The van der Waals surface area contributed by atoms with Crippen molar-refractivity contribution in [1.82, 2.24) is 0 Å². The molecule has 0 spiro atoms. The minimum absolute atomic E-state index is 0.431. The van der Waals surface area contributed by atoms with Gasteiger partial charge >= 0.3 is 6.09 Å². The van der Waals surface area contributed by atoms with Crippen molar-refractivity contribution in [2.45, 2.75) is 26.3 Å². The third-order valence-electron chi connectivity index (χ3n) is 3.23. The van der Waals surface area contributed by atoms with Crippen LogP contribution in [-0.4, -0.2) is 16.7 Å². The lowest BCUT2D eigenvalue weighted by atomic mass is 10.1. The summed E-state index contributed by atoms with van der Waals surface area (Å²) in [7, 11) is 0. The summed E-state index contributed by atoms with van der Waals surface area (Å²) in [6.07, 6.45) is -1.02. The molecule has 0 bridgehead atoms. The van der Waals surface area contributed by atoms with Crippen LogP contribution >= 0.6 is 0 Å². The fourth-order valence-corrected chi connectivity index (χ4v) is 2.22. The number of rotatable bonds is 3. The van der Waals surface area contributed by atoms with Gasteiger partial charge < -0.3 is 21.3 Å². The molecule has 6 nitrogen and oxygen atoms in total. The van der Waals surface area contributed by atoms with E-state index in [1.807, 2.05) is 20.8 Å². The van der Waals surface area contributed by atoms with Crippen LogP contribution in [0.4, 0.5) is 21.9 Å². The molecule has 0 atom stereocenters.